The monoisotopic (exact) mass is 494 g/mol. The van der Waals surface area contributed by atoms with Gasteiger partial charge < -0.3 is 4.98 Å². The predicted octanol–water partition coefficient (Wildman–Crippen LogP) is 9.14. The molecule has 0 radical (unpaired) electrons. The number of pyridine rings is 1. The highest BCUT2D eigenvalue weighted by molar-refractivity contribution is 6.22. The minimum atomic E-state index is 0.324. The van der Waals surface area contributed by atoms with Crippen LogP contribution in [0.15, 0.2) is 72.4 Å². The summed E-state index contributed by atoms with van der Waals surface area (Å²) < 4.78 is 0. The smallest absolute Gasteiger partial charge is 0.109 e. The summed E-state index contributed by atoms with van der Waals surface area (Å²) in [5.41, 5.74) is 10.2. The van der Waals surface area contributed by atoms with E-state index in [2.05, 4.69) is 87.8 Å². The molecule has 186 valence electrons. The second-order valence-corrected chi connectivity index (χ2v) is 11.0. The van der Waals surface area contributed by atoms with Crippen molar-refractivity contribution in [3.8, 4) is 11.1 Å². The fraction of sp³-hybridized carbons (Fsp3) is 0.206. The van der Waals surface area contributed by atoms with E-state index in [-0.39, 0.29) is 0 Å². The van der Waals surface area contributed by atoms with Crippen molar-refractivity contribution in [2.75, 3.05) is 0 Å². The minimum Gasteiger partial charge on any atom is -0.341 e. The molecule has 1 aliphatic rings. The molecule has 0 unspecified atom stereocenters. The van der Waals surface area contributed by atoms with E-state index in [0.29, 0.717) is 11.8 Å². The number of aromatic amines is 1. The van der Waals surface area contributed by atoms with E-state index in [1.165, 1.54) is 33.2 Å². The Morgan fingerprint density at radius 3 is 2.39 bits per heavy atom. The Hall–Kier alpha value is -4.31. The summed E-state index contributed by atoms with van der Waals surface area (Å²) in [5.74, 6) is 1.77. The van der Waals surface area contributed by atoms with Crippen molar-refractivity contribution in [2.45, 2.75) is 40.0 Å². The van der Waals surface area contributed by atoms with Gasteiger partial charge in [0.2, 0.25) is 0 Å². The van der Waals surface area contributed by atoms with Crippen molar-refractivity contribution >= 4 is 61.0 Å². The summed E-state index contributed by atoms with van der Waals surface area (Å²) in [7, 11) is 0. The lowest BCUT2D eigenvalue weighted by atomic mass is 9.92. The zero-order valence-corrected chi connectivity index (χ0v) is 22.3. The van der Waals surface area contributed by atoms with Crippen LogP contribution in [0.4, 0.5) is 5.69 Å². The summed E-state index contributed by atoms with van der Waals surface area (Å²) >= 11 is 0. The lowest BCUT2D eigenvalue weighted by Gasteiger charge is -2.12. The summed E-state index contributed by atoms with van der Waals surface area (Å²) in [6.45, 7) is 12.9. The molecule has 1 N–H and O–H groups in total. The van der Waals surface area contributed by atoms with Crippen molar-refractivity contribution in [1.82, 2.24) is 15.0 Å². The first-order chi connectivity index (χ1) is 18.4. The third-order valence-corrected chi connectivity index (χ3v) is 7.96. The van der Waals surface area contributed by atoms with E-state index >= 15 is 0 Å². The highest BCUT2D eigenvalue weighted by atomic mass is 14.9. The van der Waals surface area contributed by atoms with Crippen LogP contribution in [0, 0.1) is 5.92 Å². The van der Waals surface area contributed by atoms with Gasteiger partial charge >= 0.3 is 0 Å². The van der Waals surface area contributed by atoms with Crippen molar-refractivity contribution in [3.05, 3.63) is 84.3 Å². The van der Waals surface area contributed by atoms with Crippen molar-refractivity contribution in [1.29, 1.82) is 0 Å². The molecule has 0 atom stereocenters. The van der Waals surface area contributed by atoms with Crippen LogP contribution in [0.2, 0.25) is 0 Å². The lowest BCUT2D eigenvalue weighted by Crippen LogP contribution is -2.06. The van der Waals surface area contributed by atoms with Crippen LogP contribution in [0.1, 0.15) is 50.6 Å². The molecule has 4 nitrogen and oxygen atoms in total. The number of imidazole rings is 1. The van der Waals surface area contributed by atoms with E-state index in [4.69, 9.17) is 15.0 Å². The van der Waals surface area contributed by atoms with Gasteiger partial charge in [-0.25, -0.2) is 4.98 Å². The van der Waals surface area contributed by atoms with Gasteiger partial charge in [0.1, 0.15) is 5.82 Å². The molecule has 0 saturated carbocycles. The van der Waals surface area contributed by atoms with Crippen molar-refractivity contribution in [3.63, 3.8) is 0 Å². The number of hydrogen-bond acceptors (Lipinski definition) is 3. The van der Waals surface area contributed by atoms with Crippen LogP contribution in [0.3, 0.4) is 0 Å². The largest absolute Gasteiger partial charge is 0.341 e. The molecule has 38 heavy (non-hydrogen) atoms. The molecular weight excluding hydrogens is 464 g/mol. The first-order valence-electron chi connectivity index (χ1n) is 13.4. The molecule has 0 spiro atoms. The van der Waals surface area contributed by atoms with Crippen LogP contribution in [0.25, 0.3) is 60.7 Å². The first kappa shape index (κ1) is 22.9. The number of fused-ring (bicyclic) bond motifs is 9. The molecule has 1 aliphatic heterocycles. The predicted molar refractivity (Wildman–Crippen MR) is 162 cm³/mol. The van der Waals surface area contributed by atoms with Crippen LogP contribution < -0.4 is 0 Å². The molecule has 0 saturated heterocycles. The van der Waals surface area contributed by atoms with Crippen LogP contribution in [-0.2, 0) is 6.42 Å². The number of nitrogens with one attached hydrogen (secondary N) is 1. The number of hydrogen-bond donors (Lipinski definition) is 1. The molecule has 7 rings (SSSR count). The Morgan fingerprint density at radius 1 is 0.842 bits per heavy atom. The summed E-state index contributed by atoms with van der Waals surface area (Å²) in [5, 5.41) is 5.88. The SMILES string of the molecule is C=Cc1cc2cc(-c3ccc4c(c3)c3ncccc3c3nc(C(C)C)[nH]c43)ccc2c2c1N=C(C(C)C)C2. The van der Waals surface area contributed by atoms with E-state index in [1.54, 1.807) is 0 Å². The van der Waals surface area contributed by atoms with Gasteiger partial charge in [-0.1, -0.05) is 64.6 Å². The molecule has 0 bridgehead atoms. The van der Waals surface area contributed by atoms with Gasteiger partial charge in [0, 0.05) is 46.0 Å². The van der Waals surface area contributed by atoms with Gasteiger partial charge in [-0.3, -0.25) is 9.98 Å². The number of nitrogens with zero attached hydrogens (tertiary/aromatic N) is 3. The molecule has 0 amide bonds. The Labute approximate surface area is 222 Å². The van der Waals surface area contributed by atoms with E-state index < -0.39 is 0 Å². The van der Waals surface area contributed by atoms with E-state index in [0.717, 1.165) is 56.2 Å². The maximum Gasteiger partial charge on any atom is 0.109 e. The Kier molecular flexibility index (Phi) is 5.02. The van der Waals surface area contributed by atoms with Crippen molar-refractivity contribution < 1.29 is 0 Å². The average molecular weight is 495 g/mol. The number of benzene rings is 4. The normalized spacial score (nSPS) is 13.4. The highest BCUT2D eigenvalue weighted by Gasteiger charge is 2.22. The molecular formula is C34H30N4. The lowest BCUT2D eigenvalue weighted by molar-refractivity contribution is 0.799. The maximum atomic E-state index is 4.98. The number of rotatable bonds is 4. The fourth-order valence-corrected chi connectivity index (χ4v) is 5.84. The van der Waals surface area contributed by atoms with Crippen LogP contribution in [0.5, 0.6) is 0 Å². The molecule has 4 aromatic carbocycles. The molecule has 6 aromatic rings. The minimum absolute atomic E-state index is 0.324. The Morgan fingerprint density at radius 2 is 1.63 bits per heavy atom. The molecule has 0 aliphatic carbocycles. The molecule has 4 heteroatoms. The Bertz CT molecular complexity index is 1970. The first-order valence-corrected chi connectivity index (χ1v) is 13.4. The third kappa shape index (κ3) is 3.33. The van der Waals surface area contributed by atoms with Gasteiger partial charge in [0.05, 0.1) is 22.2 Å². The second kappa shape index (κ2) is 8.35. The van der Waals surface area contributed by atoms with Crippen LogP contribution >= 0.6 is 0 Å². The van der Waals surface area contributed by atoms with Crippen LogP contribution in [-0.4, -0.2) is 20.7 Å². The standard InChI is InChI=1S/C34H30N4/c1-6-20-14-23-15-21(9-11-24(23)28-17-29(18(2)3)36-30(20)28)22-10-12-25-27(16-22)31-26(8-7-13-35-31)33-32(25)37-34(38-33)19(4)5/h6-16,18-19H,1,17H2,2-5H3,(H,37,38). The summed E-state index contributed by atoms with van der Waals surface area (Å²) in [4.78, 5) is 18.3. The van der Waals surface area contributed by atoms with Gasteiger partial charge in [-0.15, -0.1) is 0 Å². The second-order valence-electron chi connectivity index (χ2n) is 11.0. The fourth-order valence-electron chi connectivity index (χ4n) is 5.84. The number of aliphatic imine (C=N–C) groups is 1. The number of aromatic nitrogens is 3. The zero-order valence-electron chi connectivity index (χ0n) is 22.3. The number of H-pyrrole nitrogens is 1. The van der Waals surface area contributed by atoms with E-state index in [9.17, 15) is 0 Å². The molecule has 0 fully saturated rings. The maximum absolute atomic E-state index is 4.98. The topological polar surface area (TPSA) is 53.9 Å². The highest BCUT2D eigenvalue weighted by Crippen LogP contribution is 2.41. The summed E-state index contributed by atoms with van der Waals surface area (Å²) in [6.07, 6.45) is 4.72. The zero-order chi connectivity index (χ0) is 26.1. The van der Waals surface area contributed by atoms with Gasteiger partial charge in [0.25, 0.3) is 0 Å². The molecule has 3 heterocycles. The van der Waals surface area contributed by atoms with Gasteiger partial charge in [-0.05, 0) is 63.7 Å². The average Bonchev–Trinajstić information content (AvgIpc) is 3.58. The van der Waals surface area contributed by atoms with Crippen molar-refractivity contribution in [2.24, 2.45) is 10.9 Å². The van der Waals surface area contributed by atoms with E-state index in [1.807, 2.05) is 18.3 Å². The quantitative estimate of drug-likeness (QED) is 0.248. The Balaban J connectivity index is 1.43. The van der Waals surface area contributed by atoms with Gasteiger partial charge in [-0.2, -0.15) is 0 Å². The third-order valence-electron chi connectivity index (χ3n) is 7.96. The molecule has 2 aromatic heterocycles. The van der Waals surface area contributed by atoms with Gasteiger partial charge in [0.15, 0.2) is 0 Å². The summed E-state index contributed by atoms with van der Waals surface area (Å²) in [6, 6.07) is 19.9.